The zero-order valence-corrected chi connectivity index (χ0v) is 17.3. The van der Waals surface area contributed by atoms with E-state index in [9.17, 15) is 9.59 Å². The van der Waals surface area contributed by atoms with Gasteiger partial charge in [-0.15, -0.1) is 0 Å². The van der Waals surface area contributed by atoms with E-state index in [0.29, 0.717) is 53.2 Å². The van der Waals surface area contributed by atoms with Crippen LogP contribution in [0.3, 0.4) is 0 Å². The van der Waals surface area contributed by atoms with Gasteiger partial charge in [0.05, 0.1) is 0 Å². The van der Waals surface area contributed by atoms with Gasteiger partial charge in [-0.1, -0.05) is 51.0 Å². The first-order valence-corrected chi connectivity index (χ1v) is 10.3. The van der Waals surface area contributed by atoms with Crippen LogP contribution in [0.2, 0.25) is 0 Å². The fourth-order valence-corrected chi connectivity index (χ4v) is 3.18. The topological polar surface area (TPSA) is 71.1 Å². The van der Waals surface area contributed by atoms with E-state index in [-0.39, 0.29) is 18.0 Å². The van der Waals surface area contributed by atoms with Gasteiger partial charge < -0.3 is 18.9 Å². The largest absolute Gasteiger partial charge is 0.482 e. The highest BCUT2D eigenvalue weighted by atomic mass is 16.6. The number of fused-ring (bicyclic) bond motifs is 2. The number of hydrogen-bond donors (Lipinski definition) is 0. The Bertz CT molecular complexity index is 889. The minimum absolute atomic E-state index is 0.222. The monoisotopic (exact) mass is 400 g/mol. The molecule has 6 heteroatoms. The van der Waals surface area contributed by atoms with Crippen molar-refractivity contribution < 1.29 is 28.5 Å². The summed E-state index contributed by atoms with van der Waals surface area (Å²) in [6.07, 6.45) is 3.73. The van der Waals surface area contributed by atoms with E-state index in [1.807, 2.05) is 45.0 Å². The smallest absolute Gasteiger partial charge is 0.311 e. The lowest BCUT2D eigenvalue weighted by molar-refractivity contribution is -0.135. The lowest BCUT2D eigenvalue weighted by Gasteiger charge is -2.28. The van der Waals surface area contributed by atoms with E-state index < -0.39 is 0 Å². The Labute approximate surface area is 171 Å². The Hall–Kier alpha value is -2.76. The number of benzene rings is 2. The summed E-state index contributed by atoms with van der Waals surface area (Å²) in [6, 6.07) is 7.33. The van der Waals surface area contributed by atoms with Crippen molar-refractivity contribution in [2.75, 3.05) is 6.61 Å². The van der Waals surface area contributed by atoms with Gasteiger partial charge >= 0.3 is 11.9 Å². The fourth-order valence-electron chi connectivity index (χ4n) is 3.18. The van der Waals surface area contributed by atoms with Crippen molar-refractivity contribution in [3.63, 3.8) is 0 Å². The highest BCUT2D eigenvalue weighted by Gasteiger charge is 2.31. The molecule has 1 aliphatic heterocycles. The summed E-state index contributed by atoms with van der Waals surface area (Å²) >= 11 is 0. The van der Waals surface area contributed by atoms with Crippen LogP contribution in [-0.2, 0) is 9.59 Å². The second-order valence-electron chi connectivity index (χ2n) is 7.26. The normalized spacial score (nSPS) is 15.2. The maximum absolute atomic E-state index is 12.4. The number of esters is 2. The molecule has 1 unspecified atom stereocenters. The average molecular weight is 400 g/mol. The van der Waals surface area contributed by atoms with Crippen LogP contribution in [0.1, 0.15) is 59.3 Å². The highest BCUT2D eigenvalue weighted by molar-refractivity contribution is 6.01. The summed E-state index contributed by atoms with van der Waals surface area (Å²) < 4.78 is 23.3. The Kier molecular flexibility index (Phi) is 6.96. The molecule has 0 saturated heterocycles. The zero-order valence-electron chi connectivity index (χ0n) is 17.3. The van der Waals surface area contributed by atoms with E-state index >= 15 is 0 Å². The van der Waals surface area contributed by atoms with Crippen molar-refractivity contribution in [2.45, 2.75) is 65.4 Å². The van der Waals surface area contributed by atoms with Crippen molar-refractivity contribution in [3.05, 3.63) is 24.3 Å². The van der Waals surface area contributed by atoms with Crippen LogP contribution >= 0.6 is 0 Å². The number of ether oxygens (including phenoxy) is 4. The molecule has 2 aromatic carbocycles. The molecule has 0 radical (unpaired) electrons. The second-order valence-corrected chi connectivity index (χ2v) is 7.26. The van der Waals surface area contributed by atoms with Crippen LogP contribution in [-0.4, -0.2) is 24.6 Å². The first kappa shape index (κ1) is 21.0. The van der Waals surface area contributed by atoms with Crippen LogP contribution in [0, 0.1) is 0 Å². The van der Waals surface area contributed by atoms with Crippen molar-refractivity contribution in [1.29, 1.82) is 0 Å². The van der Waals surface area contributed by atoms with E-state index in [2.05, 4.69) is 0 Å². The minimum Gasteiger partial charge on any atom is -0.482 e. The van der Waals surface area contributed by atoms with Gasteiger partial charge in [-0.3, -0.25) is 9.59 Å². The molecule has 0 bridgehead atoms. The molecular weight excluding hydrogens is 372 g/mol. The molecule has 0 spiro atoms. The second kappa shape index (κ2) is 9.63. The summed E-state index contributed by atoms with van der Waals surface area (Å²) in [7, 11) is 0. The van der Waals surface area contributed by atoms with Crippen molar-refractivity contribution in [1.82, 2.24) is 0 Å². The van der Waals surface area contributed by atoms with Crippen LogP contribution < -0.4 is 18.9 Å². The van der Waals surface area contributed by atoms with Gasteiger partial charge in [0.15, 0.2) is 11.5 Å². The van der Waals surface area contributed by atoms with Crippen LogP contribution in [0.15, 0.2) is 24.3 Å². The molecule has 0 saturated carbocycles. The van der Waals surface area contributed by atoms with Crippen molar-refractivity contribution >= 4 is 22.7 Å². The predicted molar refractivity (Wildman–Crippen MR) is 110 cm³/mol. The third-order valence-electron chi connectivity index (χ3n) is 4.72. The average Bonchev–Trinajstić information content (AvgIpc) is 2.72. The molecular formula is C23H28O6. The number of rotatable bonds is 8. The third-order valence-corrected chi connectivity index (χ3v) is 4.72. The Morgan fingerprint density at radius 2 is 1.45 bits per heavy atom. The third kappa shape index (κ3) is 4.81. The molecule has 6 nitrogen and oxygen atoms in total. The van der Waals surface area contributed by atoms with Gasteiger partial charge in [-0.05, 0) is 19.8 Å². The standard InChI is InChI=1S/C23H28O6/c1-4-6-12-18(24)28-20-16-10-8-9-11-17(16)21(29-19(25)13-7-5-2)23-22(20)26-14-15(3)27-23/h8-11,15H,4-7,12-14H2,1-3H3. The van der Waals surface area contributed by atoms with Gasteiger partial charge in [-0.25, -0.2) is 0 Å². The van der Waals surface area contributed by atoms with Gasteiger partial charge in [-0.2, -0.15) is 0 Å². The predicted octanol–water partition coefficient (Wildman–Crippen LogP) is 5.19. The first-order valence-electron chi connectivity index (χ1n) is 10.3. The van der Waals surface area contributed by atoms with Gasteiger partial charge in [0.25, 0.3) is 0 Å². The van der Waals surface area contributed by atoms with E-state index in [1.54, 1.807) is 0 Å². The Morgan fingerprint density at radius 1 is 0.931 bits per heavy atom. The fraction of sp³-hybridized carbons (Fsp3) is 0.478. The molecule has 156 valence electrons. The maximum Gasteiger partial charge on any atom is 0.311 e. The summed E-state index contributed by atoms with van der Waals surface area (Å²) in [5, 5.41) is 1.29. The SMILES string of the molecule is CCCCC(=O)Oc1c2c(c(OC(=O)CCCC)c3ccccc13)OC(C)CO2. The lowest BCUT2D eigenvalue weighted by atomic mass is 10.1. The zero-order chi connectivity index (χ0) is 20.8. The molecule has 0 amide bonds. The number of carbonyl (C=O) groups is 2. The highest BCUT2D eigenvalue weighted by Crippen LogP contribution is 2.53. The molecule has 0 aromatic heterocycles. The molecule has 1 aliphatic rings. The molecule has 0 N–H and O–H groups in total. The summed E-state index contributed by atoms with van der Waals surface area (Å²) in [5.74, 6) is 0.604. The Morgan fingerprint density at radius 3 is 1.97 bits per heavy atom. The molecule has 2 aromatic rings. The molecule has 29 heavy (non-hydrogen) atoms. The van der Waals surface area contributed by atoms with E-state index in [1.165, 1.54) is 0 Å². The number of hydrogen-bond acceptors (Lipinski definition) is 6. The Balaban J connectivity index is 2.09. The van der Waals surface area contributed by atoms with Crippen LogP contribution in [0.25, 0.3) is 10.8 Å². The number of carbonyl (C=O) groups excluding carboxylic acids is 2. The maximum atomic E-state index is 12.4. The molecule has 0 aliphatic carbocycles. The molecule has 1 heterocycles. The van der Waals surface area contributed by atoms with Crippen molar-refractivity contribution in [3.8, 4) is 23.0 Å². The number of unbranched alkanes of at least 4 members (excludes halogenated alkanes) is 2. The summed E-state index contributed by atoms with van der Waals surface area (Å²) in [6.45, 7) is 6.22. The summed E-state index contributed by atoms with van der Waals surface area (Å²) in [4.78, 5) is 24.7. The minimum atomic E-state index is -0.325. The molecule has 3 rings (SSSR count). The molecule has 0 fully saturated rings. The van der Waals surface area contributed by atoms with Crippen molar-refractivity contribution in [2.24, 2.45) is 0 Å². The quantitative estimate of drug-likeness (QED) is 0.448. The van der Waals surface area contributed by atoms with Gasteiger partial charge in [0, 0.05) is 23.6 Å². The molecule has 1 atom stereocenters. The van der Waals surface area contributed by atoms with Gasteiger partial charge in [0.2, 0.25) is 11.5 Å². The lowest BCUT2D eigenvalue weighted by Crippen LogP contribution is -2.27. The van der Waals surface area contributed by atoms with Crippen LogP contribution in [0.5, 0.6) is 23.0 Å². The van der Waals surface area contributed by atoms with E-state index in [0.717, 1.165) is 25.7 Å². The first-order chi connectivity index (χ1) is 14.0. The van der Waals surface area contributed by atoms with Gasteiger partial charge in [0.1, 0.15) is 12.7 Å². The van der Waals surface area contributed by atoms with Crippen LogP contribution in [0.4, 0.5) is 0 Å². The summed E-state index contributed by atoms with van der Waals surface area (Å²) in [5.41, 5.74) is 0. The van der Waals surface area contributed by atoms with E-state index in [4.69, 9.17) is 18.9 Å².